The zero-order chi connectivity index (χ0) is 13.2. The quantitative estimate of drug-likeness (QED) is 0.736. The van der Waals surface area contributed by atoms with E-state index < -0.39 is 10.0 Å². The Morgan fingerprint density at radius 1 is 1.26 bits per heavy atom. The first-order valence-corrected chi connectivity index (χ1v) is 9.56. The standard InChI is InChI=1S/C15H23NO2S/c1-3-9-10-5-11(10)13-8-4-12-15(6-8,14(9)13)7-19(17,18)16(12)2/h8-14H,3-7H2,1-2H3. The van der Waals surface area contributed by atoms with Crippen LogP contribution in [0.25, 0.3) is 0 Å². The molecule has 1 heterocycles. The van der Waals surface area contributed by atoms with Gasteiger partial charge < -0.3 is 0 Å². The van der Waals surface area contributed by atoms with E-state index in [1.54, 1.807) is 4.31 Å². The van der Waals surface area contributed by atoms with Crippen LogP contribution in [0.5, 0.6) is 0 Å². The normalized spacial score (nSPS) is 64.0. The number of hydrogen-bond donors (Lipinski definition) is 0. The minimum Gasteiger partial charge on any atom is -0.212 e. The molecule has 1 saturated heterocycles. The SMILES string of the molecule is CCC1C2CC2C2C3CC4N(C)S(=O)(=O)CC4(C3)C12. The van der Waals surface area contributed by atoms with E-state index >= 15 is 0 Å². The van der Waals surface area contributed by atoms with E-state index in [1.807, 2.05) is 7.05 Å². The summed E-state index contributed by atoms with van der Waals surface area (Å²) in [4.78, 5) is 0. The summed E-state index contributed by atoms with van der Waals surface area (Å²) in [5.74, 6) is 5.73. The summed E-state index contributed by atoms with van der Waals surface area (Å²) in [6.07, 6.45) is 5.11. The molecule has 0 radical (unpaired) electrons. The molecule has 1 spiro atoms. The molecular formula is C15H23NO2S. The predicted octanol–water partition coefficient (Wildman–Crippen LogP) is 1.95. The Morgan fingerprint density at radius 3 is 2.79 bits per heavy atom. The zero-order valence-corrected chi connectivity index (χ0v) is 12.6. The lowest BCUT2D eigenvalue weighted by molar-refractivity contribution is 0.0618. The Labute approximate surface area is 115 Å². The van der Waals surface area contributed by atoms with Gasteiger partial charge in [-0.15, -0.1) is 0 Å². The van der Waals surface area contributed by atoms with Gasteiger partial charge in [-0.25, -0.2) is 12.7 Å². The maximum atomic E-state index is 12.4. The smallest absolute Gasteiger partial charge is 0.212 e. The average Bonchev–Trinajstić information content (AvgIpc) is 2.72. The van der Waals surface area contributed by atoms with E-state index in [1.165, 1.54) is 19.3 Å². The fraction of sp³-hybridized carbons (Fsp3) is 1.00. The Balaban J connectivity index is 1.64. The minimum absolute atomic E-state index is 0.150. The molecule has 19 heavy (non-hydrogen) atoms. The van der Waals surface area contributed by atoms with Crippen LogP contribution >= 0.6 is 0 Å². The molecule has 0 amide bonds. The van der Waals surface area contributed by atoms with Crippen LogP contribution in [0.4, 0.5) is 0 Å². The fourth-order valence-electron chi connectivity index (χ4n) is 7.28. The van der Waals surface area contributed by atoms with Crippen LogP contribution in [0.3, 0.4) is 0 Å². The van der Waals surface area contributed by atoms with Crippen molar-refractivity contribution in [3.05, 3.63) is 0 Å². The summed E-state index contributed by atoms with van der Waals surface area (Å²) in [7, 11) is -1.13. The van der Waals surface area contributed by atoms with E-state index in [9.17, 15) is 8.42 Å². The zero-order valence-electron chi connectivity index (χ0n) is 11.7. The third kappa shape index (κ3) is 1.08. The van der Waals surface area contributed by atoms with Crippen LogP contribution < -0.4 is 0 Å². The van der Waals surface area contributed by atoms with Crippen LogP contribution in [-0.2, 0) is 10.0 Å². The van der Waals surface area contributed by atoms with Crippen molar-refractivity contribution in [2.24, 2.45) is 40.9 Å². The Morgan fingerprint density at radius 2 is 2.05 bits per heavy atom. The maximum absolute atomic E-state index is 12.4. The van der Waals surface area contributed by atoms with Crippen LogP contribution in [-0.4, -0.2) is 31.6 Å². The lowest BCUT2D eigenvalue weighted by Crippen LogP contribution is -2.45. The van der Waals surface area contributed by atoms with E-state index in [-0.39, 0.29) is 5.41 Å². The van der Waals surface area contributed by atoms with Crippen LogP contribution in [0.1, 0.15) is 32.6 Å². The van der Waals surface area contributed by atoms with Gasteiger partial charge >= 0.3 is 0 Å². The molecule has 8 unspecified atom stereocenters. The van der Waals surface area contributed by atoms with Gasteiger partial charge in [0, 0.05) is 18.5 Å². The largest absolute Gasteiger partial charge is 0.214 e. The van der Waals surface area contributed by atoms with Crippen molar-refractivity contribution in [3.8, 4) is 0 Å². The first kappa shape index (κ1) is 11.6. The van der Waals surface area contributed by atoms with Gasteiger partial charge in [-0.05, 0) is 54.8 Å². The van der Waals surface area contributed by atoms with Crippen LogP contribution in [0.15, 0.2) is 0 Å². The Bertz CT molecular complexity index is 558. The first-order chi connectivity index (χ1) is 8.99. The highest BCUT2D eigenvalue weighted by atomic mass is 32.2. The second kappa shape index (κ2) is 3.06. The van der Waals surface area contributed by atoms with Crippen molar-refractivity contribution in [1.29, 1.82) is 0 Å². The summed E-state index contributed by atoms with van der Waals surface area (Å²) in [5.41, 5.74) is 0.150. The summed E-state index contributed by atoms with van der Waals surface area (Å²) < 4.78 is 26.5. The van der Waals surface area contributed by atoms with Gasteiger partial charge in [-0.1, -0.05) is 13.3 Å². The number of hydrogen-bond acceptors (Lipinski definition) is 2. The molecular weight excluding hydrogens is 258 g/mol. The number of sulfonamides is 1. The minimum atomic E-state index is -2.97. The van der Waals surface area contributed by atoms with E-state index in [0.29, 0.717) is 11.8 Å². The number of rotatable bonds is 1. The highest BCUT2D eigenvalue weighted by molar-refractivity contribution is 7.89. The molecule has 0 N–H and O–H groups in total. The number of nitrogens with zero attached hydrogens (tertiary/aromatic N) is 1. The van der Waals surface area contributed by atoms with Gasteiger partial charge in [0.1, 0.15) is 0 Å². The molecule has 5 aliphatic rings. The summed E-state index contributed by atoms with van der Waals surface area (Å²) in [6, 6.07) is 0.343. The highest BCUT2D eigenvalue weighted by Gasteiger charge is 2.77. The summed E-state index contributed by atoms with van der Waals surface area (Å²) in [5, 5.41) is 0. The number of fused-ring (bicyclic) bond motifs is 5. The highest BCUT2D eigenvalue weighted by Crippen LogP contribution is 2.78. The van der Waals surface area contributed by atoms with Gasteiger partial charge in [0.25, 0.3) is 0 Å². The maximum Gasteiger partial charge on any atom is 0.214 e. The average molecular weight is 281 g/mol. The van der Waals surface area contributed by atoms with Crippen molar-refractivity contribution in [2.75, 3.05) is 12.8 Å². The van der Waals surface area contributed by atoms with Crippen molar-refractivity contribution in [2.45, 2.75) is 38.6 Å². The van der Waals surface area contributed by atoms with Gasteiger partial charge in [0.2, 0.25) is 10.0 Å². The molecule has 1 aliphatic heterocycles. The third-order valence-corrected chi connectivity index (χ3v) is 9.69. The second-order valence-corrected chi connectivity index (χ2v) is 9.99. The van der Waals surface area contributed by atoms with Gasteiger partial charge in [0.15, 0.2) is 0 Å². The van der Waals surface area contributed by atoms with Crippen molar-refractivity contribution < 1.29 is 8.42 Å². The Kier molecular flexibility index (Phi) is 1.86. The predicted molar refractivity (Wildman–Crippen MR) is 72.9 cm³/mol. The molecule has 2 bridgehead atoms. The van der Waals surface area contributed by atoms with Gasteiger partial charge in [-0.2, -0.15) is 0 Å². The molecule has 5 rings (SSSR count). The van der Waals surface area contributed by atoms with E-state index in [4.69, 9.17) is 0 Å². The molecule has 0 aromatic heterocycles. The van der Waals surface area contributed by atoms with Crippen molar-refractivity contribution >= 4 is 10.0 Å². The molecule has 4 aliphatic carbocycles. The monoisotopic (exact) mass is 281 g/mol. The van der Waals surface area contributed by atoms with Gasteiger partial charge in [-0.3, -0.25) is 0 Å². The van der Waals surface area contributed by atoms with Crippen molar-refractivity contribution in [3.63, 3.8) is 0 Å². The topological polar surface area (TPSA) is 37.4 Å². The molecule has 106 valence electrons. The Hall–Kier alpha value is -0.0900. The third-order valence-electron chi connectivity index (χ3n) is 7.65. The first-order valence-electron chi connectivity index (χ1n) is 7.95. The summed E-state index contributed by atoms with van der Waals surface area (Å²) >= 11 is 0. The fourth-order valence-corrected chi connectivity index (χ4v) is 9.34. The molecule has 4 saturated carbocycles. The van der Waals surface area contributed by atoms with E-state index in [2.05, 4.69) is 6.92 Å². The lowest BCUT2D eigenvalue weighted by atomic mass is 9.64. The molecule has 8 atom stereocenters. The van der Waals surface area contributed by atoms with Gasteiger partial charge in [0.05, 0.1) is 5.75 Å². The molecule has 0 aromatic carbocycles. The summed E-state index contributed by atoms with van der Waals surface area (Å²) in [6.45, 7) is 2.33. The molecule has 3 nitrogen and oxygen atoms in total. The molecule has 4 heteroatoms. The second-order valence-electron chi connectivity index (χ2n) is 7.96. The molecule has 0 aromatic rings. The lowest BCUT2D eigenvalue weighted by Gasteiger charge is -2.42. The van der Waals surface area contributed by atoms with Crippen LogP contribution in [0, 0.1) is 40.9 Å². The van der Waals surface area contributed by atoms with E-state index in [0.717, 1.165) is 41.9 Å². The molecule has 5 fully saturated rings. The van der Waals surface area contributed by atoms with Crippen molar-refractivity contribution in [1.82, 2.24) is 4.31 Å². The van der Waals surface area contributed by atoms with Crippen LogP contribution in [0.2, 0.25) is 0 Å².